The third-order valence-corrected chi connectivity index (χ3v) is 6.16. The van der Waals surface area contributed by atoms with Crippen molar-refractivity contribution in [3.05, 3.63) is 83.4 Å². The fraction of sp³-hybridized carbons (Fsp3) is 0.190. The highest BCUT2D eigenvalue weighted by Crippen LogP contribution is 2.12. The fourth-order valence-electron chi connectivity index (χ4n) is 2.98. The molecule has 0 spiro atoms. The van der Waals surface area contributed by atoms with Gasteiger partial charge in [0.1, 0.15) is 11.6 Å². The molecule has 0 fully saturated rings. The number of benzene rings is 2. The number of anilines is 1. The maximum atomic E-state index is 13.0. The van der Waals surface area contributed by atoms with Gasteiger partial charge >= 0.3 is 0 Å². The lowest BCUT2D eigenvalue weighted by Gasteiger charge is -2.08. The van der Waals surface area contributed by atoms with Crippen LogP contribution in [0.25, 0.3) is 5.65 Å². The third kappa shape index (κ3) is 5.04. The SMILES string of the molecule is Cc1ccc(CNc2ccc3nnc(CCNS(=O)(=O)c4ccc(F)cc4)n3n2)cc1. The number of hydrogen-bond donors (Lipinski definition) is 2. The van der Waals surface area contributed by atoms with Crippen molar-refractivity contribution in [1.82, 2.24) is 24.5 Å². The van der Waals surface area contributed by atoms with Crippen LogP contribution in [0.3, 0.4) is 0 Å². The van der Waals surface area contributed by atoms with E-state index in [0.29, 0.717) is 23.8 Å². The number of aromatic nitrogens is 4. The minimum absolute atomic E-state index is 0.000665. The molecule has 2 aromatic carbocycles. The number of fused-ring (bicyclic) bond motifs is 1. The van der Waals surface area contributed by atoms with Gasteiger partial charge in [-0.2, -0.15) is 4.52 Å². The summed E-state index contributed by atoms with van der Waals surface area (Å²) < 4.78 is 41.7. The van der Waals surface area contributed by atoms with Gasteiger partial charge in [-0.05, 0) is 48.9 Å². The zero-order valence-electron chi connectivity index (χ0n) is 16.8. The lowest BCUT2D eigenvalue weighted by atomic mass is 10.1. The van der Waals surface area contributed by atoms with E-state index in [-0.39, 0.29) is 17.9 Å². The molecule has 0 unspecified atom stereocenters. The van der Waals surface area contributed by atoms with Crippen molar-refractivity contribution >= 4 is 21.5 Å². The molecule has 31 heavy (non-hydrogen) atoms. The van der Waals surface area contributed by atoms with E-state index in [1.165, 1.54) is 17.7 Å². The quantitative estimate of drug-likeness (QED) is 0.437. The van der Waals surface area contributed by atoms with Crippen LogP contribution in [-0.4, -0.2) is 34.8 Å². The molecular formula is C21H21FN6O2S. The Balaban J connectivity index is 1.41. The van der Waals surface area contributed by atoms with Gasteiger partial charge in [0.05, 0.1) is 4.90 Å². The van der Waals surface area contributed by atoms with Crippen LogP contribution in [0, 0.1) is 12.7 Å². The highest BCUT2D eigenvalue weighted by atomic mass is 32.2. The fourth-order valence-corrected chi connectivity index (χ4v) is 4.01. The number of halogens is 1. The number of aryl methyl sites for hydroxylation is 1. The number of hydrogen-bond acceptors (Lipinski definition) is 6. The Morgan fingerprint density at radius 1 is 0.968 bits per heavy atom. The molecule has 0 atom stereocenters. The summed E-state index contributed by atoms with van der Waals surface area (Å²) in [5.41, 5.74) is 2.90. The van der Waals surface area contributed by atoms with Crippen molar-refractivity contribution < 1.29 is 12.8 Å². The van der Waals surface area contributed by atoms with Crippen LogP contribution >= 0.6 is 0 Å². The zero-order valence-corrected chi connectivity index (χ0v) is 17.6. The van der Waals surface area contributed by atoms with Crippen LogP contribution in [0.2, 0.25) is 0 Å². The second-order valence-electron chi connectivity index (χ2n) is 7.05. The van der Waals surface area contributed by atoms with Gasteiger partial charge in [0, 0.05) is 19.5 Å². The number of sulfonamides is 1. The monoisotopic (exact) mass is 440 g/mol. The minimum Gasteiger partial charge on any atom is -0.365 e. The summed E-state index contributed by atoms with van der Waals surface area (Å²) in [6.45, 7) is 2.76. The van der Waals surface area contributed by atoms with Crippen molar-refractivity contribution in [1.29, 1.82) is 0 Å². The molecular weight excluding hydrogens is 419 g/mol. The molecule has 4 aromatic rings. The molecule has 0 saturated carbocycles. The van der Waals surface area contributed by atoms with Crippen LogP contribution in [0.5, 0.6) is 0 Å². The van der Waals surface area contributed by atoms with Gasteiger partial charge in [-0.1, -0.05) is 29.8 Å². The van der Waals surface area contributed by atoms with E-state index in [1.807, 2.05) is 13.0 Å². The Kier molecular flexibility index (Phi) is 5.92. The predicted molar refractivity (Wildman–Crippen MR) is 115 cm³/mol. The second-order valence-corrected chi connectivity index (χ2v) is 8.81. The van der Waals surface area contributed by atoms with Gasteiger partial charge in [-0.15, -0.1) is 15.3 Å². The number of nitrogens with zero attached hydrogens (tertiary/aromatic N) is 4. The first kappa shape index (κ1) is 20.9. The Morgan fingerprint density at radius 2 is 1.71 bits per heavy atom. The van der Waals surface area contributed by atoms with Crippen LogP contribution in [0.15, 0.2) is 65.6 Å². The van der Waals surface area contributed by atoms with Gasteiger partial charge in [0.15, 0.2) is 11.5 Å². The van der Waals surface area contributed by atoms with E-state index < -0.39 is 15.8 Å². The highest BCUT2D eigenvalue weighted by molar-refractivity contribution is 7.89. The summed E-state index contributed by atoms with van der Waals surface area (Å²) in [5, 5.41) is 16.0. The Morgan fingerprint density at radius 3 is 2.45 bits per heavy atom. The lowest BCUT2D eigenvalue weighted by Crippen LogP contribution is -2.26. The molecule has 160 valence electrons. The first-order valence-corrected chi connectivity index (χ1v) is 11.1. The molecule has 2 heterocycles. The molecule has 2 aromatic heterocycles. The highest BCUT2D eigenvalue weighted by Gasteiger charge is 2.15. The van der Waals surface area contributed by atoms with Crippen LogP contribution < -0.4 is 10.0 Å². The van der Waals surface area contributed by atoms with Gasteiger partial charge in [0.2, 0.25) is 10.0 Å². The summed E-state index contributed by atoms with van der Waals surface area (Å²) in [4.78, 5) is 0.000665. The average Bonchev–Trinajstić information content (AvgIpc) is 3.16. The van der Waals surface area contributed by atoms with Gasteiger partial charge in [-0.3, -0.25) is 0 Å². The summed E-state index contributed by atoms with van der Waals surface area (Å²) in [6.07, 6.45) is 0.288. The predicted octanol–water partition coefficient (Wildman–Crippen LogP) is 2.70. The smallest absolute Gasteiger partial charge is 0.240 e. The van der Waals surface area contributed by atoms with E-state index >= 15 is 0 Å². The second kappa shape index (κ2) is 8.78. The van der Waals surface area contributed by atoms with Crippen LogP contribution in [0.1, 0.15) is 17.0 Å². The molecule has 4 rings (SSSR count). The van der Waals surface area contributed by atoms with Gasteiger partial charge in [-0.25, -0.2) is 17.5 Å². The molecule has 0 aliphatic rings. The zero-order chi connectivity index (χ0) is 21.8. The van der Waals surface area contributed by atoms with Crippen molar-refractivity contribution in [2.45, 2.75) is 24.8 Å². The summed E-state index contributed by atoms with van der Waals surface area (Å²) in [5.74, 6) is 0.684. The standard InChI is InChI=1S/C21H21FN6O2S/c1-15-2-4-16(5-3-15)14-23-19-10-11-20-25-26-21(28(20)27-19)12-13-24-31(29,30)18-8-6-17(22)7-9-18/h2-11,24H,12-14H2,1H3,(H,23,27). The molecule has 0 bridgehead atoms. The number of nitrogens with one attached hydrogen (secondary N) is 2. The van der Waals surface area contributed by atoms with Crippen LogP contribution in [0.4, 0.5) is 10.2 Å². The van der Waals surface area contributed by atoms with E-state index in [4.69, 9.17) is 0 Å². The minimum atomic E-state index is -3.74. The first-order valence-electron chi connectivity index (χ1n) is 9.67. The van der Waals surface area contributed by atoms with E-state index in [0.717, 1.165) is 17.7 Å². The normalized spacial score (nSPS) is 11.7. The van der Waals surface area contributed by atoms with E-state index in [9.17, 15) is 12.8 Å². The Hall–Kier alpha value is -3.37. The summed E-state index contributed by atoms with van der Waals surface area (Å²) >= 11 is 0. The van der Waals surface area contributed by atoms with Crippen LogP contribution in [-0.2, 0) is 23.0 Å². The molecule has 10 heteroatoms. The summed E-state index contributed by atoms with van der Waals surface area (Å²) in [7, 11) is -3.74. The van der Waals surface area contributed by atoms with Crippen molar-refractivity contribution in [3.63, 3.8) is 0 Å². The molecule has 0 saturated heterocycles. The van der Waals surface area contributed by atoms with Crippen molar-refractivity contribution in [2.24, 2.45) is 0 Å². The van der Waals surface area contributed by atoms with Crippen molar-refractivity contribution in [3.8, 4) is 0 Å². The van der Waals surface area contributed by atoms with Gasteiger partial charge < -0.3 is 5.32 Å². The lowest BCUT2D eigenvalue weighted by molar-refractivity contribution is 0.579. The molecule has 0 aliphatic heterocycles. The topological polar surface area (TPSA) is 101 Å². The third-order valence-electron chi connectivity index (χ3n) is 4.69. The Labute approximate surface area is 179 Å². The molecule has 0 aliphatic carbocycles. The van der Waals surface area contributed by atoms with Crippen molar-refractivity contribution in [2.75, 3.05) is 11.9 Å². The first-order chi connectivity index (χ1) is 14.9. The Bertz CT molecular complexity index is 1290. The molecule has 0 radical (unpaired) electrons. The largest absolute Gasteiger partial charge is 0.365 e. The molecule has 8 nitrogen and oxygen atoms in total. The van der Waals surface area contributed by atoms with E-state index in [2.05, 4.69) is 49.6 Å². The van der Waals surface area contributed by atoms with Gasteiger partial charge in [0.25, 0.3) is 0 Å². The van der Waals surface area contributed by atoms with E-state index in [1.54, 1.807) is 10.6 Å². The molecule has 2 N–H and O–H groups in total. The number of rotatable bonds is 8. The maximum Gasteiger partial charge on any atom is 0.240 e. The average molecular weight is 441 g/mol. The maximum absolute atomic E-state index is 13.0. The molecule has 0 amide bonds. The summed E-state index contributed by atoms with van der Waals surface area (Å²) in [6, 6.07) is 16.5.